The van der Waals surface area contributed by atoms with E-state index >= 15 is 0 Å². The zero-order chi connectivity index (χ0) is 46.8. The Morgan fingerprint density at radius 3 is 1.82 bits per heavy atom. The monoisotopic (exact) mass is 871 g/mol. The van der Waals surface area contributed by atoms with Gasteiger partial charge in [-0.25, -0.2) is 4.79 Å². The number of nitriles is 1. The van der Waals surface area contributed by atoms with Crippen molar-refractivity contribution in [3.8, 4) is 6.07 Å². The van der Waals surface area contributed by atoms with Crippen molar-refractivity contribution in [2.45, 2.75) is 201 Å². The molecular formula is C48H82N6O8. The van der Waals surface area contributed by atoms with Crippen LogP contribution < -0.4 is 10.6 Å². The lowest BCUT2D eigenvalue weighted by Crippen LogP contribution is -2.57. The van der Waals surface area contributed by atoms with Gasteiger partial charge in [0, 0.05) is 46.3 Å². The third-order valence-electron chi connectivity index (χ3n) is 12.8. The molecule has 1 aliphatic heterocycles. The van der Waals surface area contributed by atoms with Crippen molar-refractivity contribution in [3.05, 3.63) is 0 Å². The highest BCUT2D eigenvalue weighted by atomic mass is 16.5. The summed E-state index contributed by atoms with van der Waals surface area (Å²) in [6.07, 6.45) is 7.39. The van der Waals surface area contributed by atoms with E-state index in [9.17, 15) is 38.8 Å². The Morgan fingerprint density at radius 1 is 0.710 bits per heavy atom. The van der Waals surface area contributed by atoms with Crippen LogP contribution in [0.2, 0.25) is 0 Å². The van der Waals surface area contributed by atoms with E-state index in [0.717, 1.165) is 51.4 Å². The van der Waals surface area contributed by atoms with Gasteiger partial charge in [-0.3, -0.25) is 28.8 Å². The Labute approximate surface area is 373 Å². The van der Waals surface area contributed by atoms with E-state index in [-0.39, 0.29) is 73.4 Å². The summed E-state index contributed by atoms with van der Waals surface area (Å²) in [5, 5.41) is 15.3. The highest BCUT2D eigenvalue weighted by molar-refractivity contribution is 5.97. The van der Waals surface area contributed by atoms with Crippen LogP contribution >= 0.6 is 0 Å². The van der Waals surface area contributed by atoms with Crippen LogP contribution in [0.25, 0.3) is 0 Å². The van der Waals surface area contributed by atoms with Gasteiger partial charge in [0.1, 0.15) is 24.2 Å². The molecule has 2 rings (SSSR count). The van der Waals surface area contributed by atoms with Crippen molar-refractivity contribution >= 4 is 41.3 Å². The summed E-state index contributed by atoms with van der Waals surface area (Å²) in [5.41, 5.74) is 0. The first-order valence-corrected chi connectivity index (χ1v) is 23.6. The molecule has 1 unspecified atom stereocenters. The number of carbonyl (C=O) groups is 7. The average Bonchev–Trinajstić information content (AvgIpc) is 3.22. The number of amides is 5. The maximum absolute atomic E-state index is 14.8. The number of carbonyl (C=O) groups excluding carboxylic acids is 7. The lowest BCUT2D eigenvalue weighted by molar-refractivity contribution is -0.163. The number of unbranched alkanes of at least 4 members (excludes halogenated alkanes) is 1. The summed E-state index contributed by atoms with van der Waals surface area (Å²) in [5.74, 6) is -4.40. The summed E-state index contributed by atoms with van der Waals surface area (Å²) in [4.78, 5) is 105. The Bertz CT molecular complexity index is 1540. The number of ketones is 1. The molecule has 0 spiro atoms. The Morgan fingerprint density at radius 2 is 1.26 bits per heavy atom. The van der Waals surface area contributed by atoms with Crippen molar-refractivity contribution in [1.82, 2.24) is 25.3 Å². The van der Waals surface area contributed by atoms with E-state index in [1.807, 2.05) is 54.5 Å². The van der Waals surface area contributed by atoms with E-state index in [1.54, 1.807) is 14.1 Å². The number of hydrogen-bond acceptors (Lipinski definition) is 9. The third-order valence-corrected chi connectivity index (χ3v) is 12.8. The van der Waals surface area contributed by atoms with Crippen LogP contribution in [0.15, 0.2) is 0 Å². The fourth-order valence-electron chi connectivity index (χ4n) is 8.98. The minimum Gasteiger partial charge on any atom is -0.451 e. The quantitative estimate of drug-likeness (QED) is 0.171. The predicted molar refractivity (Wildman–Crippen MR) is 240 cm³/mol. The number of Topliss-reactive ketones (excluding diaryl/α,β-unsaturated/α-hetero) is 1. The standard InChI is InChI=1S/C48H82N6O8/c1-13-14-19-33(8)27-38-46(59)52(10)34(9)48(61)62-42(22-18-23-49)44(57)51-37(25-31(4)5)47(60)53(11)39(26-32(6)7)41(55)29-36(24-30(2)3)45(58)54(12)40(43(56)50-38)28-35-20-16-15-17-21-35/h30-40,42H,13-22,24-29H2,1-12H3,(H,50,56)(H,51,57)/t33-,34+,36-,37+,38?,39+,40+,42-/m1/s1. The molecule has 352 valence electrons. The van der Waals surface area contributed by atoms with Gasteiger partial charge in [-0.15, -0.1) is 0 Å². The number of rotatable bonds is 15. The first-order valence-electron chi connectivity index (χ1n) is 23.6. The molecule has 1 aliphatic carbocycles. The van der Waals surface area contributed by atoms with E-state index in [1.165, 1.54) is 28.7 Å². The van der Waals surface area contributed by atoms with Gasteiger partial charge in [0.05, 0.1) is 12.1 Å². The van der Waals surface area contributed by atoms with Crippen molar-refractivity contribution in [3.63, 3.8) is 0 Å². The maximum atomic E-state index is 14.8. The minimum absolute atomic E-state index is 0.00689. The van der Waals surface area contributed by atoms with Crippen LogP contribution in [0.1, 0.15) is 165 Å². The minimum atomic E-state index is -1.45. The van der Waals surface area contributed by atoms with Crippen LogP contribution in [0, 0.1) is 46.8 Å². The molecule has 1 heterocycles. The number of nitrogens with one attached hydrogen (secondary N) is 2. The zero-order valence-electron chi connectivity index (χ0n) is 40.3. The normalized spacial score (nSPS) is 27.0. The van der Waals surface area contributed by atoms with Crippen molar-refractivity contribution < 1.29 is 38.3 Å². The van der Waals surface area contributed by atoms with Crippen LogP contribution in [-0.2, 0) is 38.3 Å². The second-order valence-electron chi connectivity index (χ2n) is 19.8. The molecule has 5 amide bonds. The third kappa shape index (κ3) is 16.9. The summed E-state index contributed by atoms with van der Waals surface area (Å²) in [6, 6.07) is -3.18. The van der Waals surface area contributed by atoms with Crippen LogP contribution in [0.4, 0.5) is 0 Å². The fourth-order valence-corrected chi connectivity index (χ4v) is 8.98. The first-order chi connectivity index (χ1) is 29.1. The lowest BCUT2D eigenvalue weighted by Gasteiger charge is -2.36. The number of hydrogen-bond donors (Lipinski definition) is 2. The Kier molecular flexibility index (Phi) is 23.2. The molecule has 0 aromatic carbocycles. The van der Waals surface area contributed by atoms with Gasteiger partial charge in [-0.05, 0) is 68.6 Å². The maximum Gasteiger partial charge on any atom is 0.329 e. The largest absolute Gasteiger partial charge is 0.451 e. The first kappa shape index (κ1) is 54.1. The highest BCUT2D eigenvalue weighted by Crippen LogP contribution is 2.31. The molecule has 2 aliphatic rings. The second kappa shape index (κ2) is 26.6. The number of nitrogens with zero attached hydrogens (tertiary/aromatic N) is 4. The molecule has 14 nitrogen and oxygen atoms in total. The van der Waals surface area contributed by atoms with Gasteiger partial charge in [0.25, 0.3) is 5.91 Å². The van der Waals surface area contributed by atoms with Crippen LogP contribution in [-0.4, -0.2) is 113 Å². The lowest BCUT2D eigenvalue weighted by atomic mass is 9.83. The fraction of sp³-hybridized carbons (Fsp3) is 0.833. The zero-order valence-corrected chi connectivity index (χ0v) is 40.3. The molecule has 0 bridgehead atoms. The molecule has 0 aromatic heterocycles. The van der Waals surface area contributed by atoms with Gasteiger partial charge < -0.3 is 30.1 Å². The van der Waals surface area contributed by atoms with E-state index in [0.29, 0.717) is 19.3 Å². The number of ether oxygens (including phenoxy) is 1. The Balaban J connectivity index is 2.85. The summed E-state index contributed by atoms with van der Waals surface area (Å²) in [6.45, 7) is 17.2. The molecule has 0 radical (unpaired) electrons. The molecule has 0 aromatic rings. The molecule has 1 saturated heterocycles. The molecule has 62 heavy (non-hydrogen) atoms. The molecule has 2 N–H and O–H groups in total. The van der Waals surface area contributed by atoms with E-state index in [2.05, 4.69) is 17.6 Å². The SMILES string of the molecule is CCCC[C@@H](C)CC1NC(=O)[C@H](CC2CCCCC2)N(C)C(=O)[C@H](CC(C)C)CC(=O)[C@H](CC(C)C)N(C)C(=O)[C@H](CC(C)C)NC(=O)[C@@H](CCC#N)OC(=O)[C@H](C)N(C)C1=O. The van der Waals surface area contributed by atoms with Crippen LogP contribution in [0.3, 0.4) is 0 Å². The second-order valence-corrected chi connectivity index (χ2v) is 19.8. The number of cyclic esters (lactones) is 1. The van der Waals surface area contributed by atoms with Crippen molar-refractivity contribution in [1.29, 1.82) is 5.26 Å². The smallest absolute Gasteiger partial charge is 0.329 e. The van der Waals surface area contributed by atoms with E-state index in [4.69, 9.17) is 4.74 Å². The number of likely N-dealkylation sites (N-methyl/N-ethyl adjacent to an activating group) is 3. The summed E-state index contributed by atoms with van der Waals surface area (Å²) in [7, 11) is 4.61. The van der Waals surface area contributed by atoms with Gasteiger partial charge in [0.15, 0.2) is 11.9 Å². The molecule has 2 fully saturated rings. The van der Waals surface area contributed by atoms with Gasteiger partial charge in [-0.2, -0.15) is 5.26 Å². The topological polar surface area (TPSA) is 186 Å². The van der Waals surface area contributed by atoms with Gasteiger partial charge in [0.2, 0.25) is 23.6 Å². The number of esters is 1. The molecule has 8 atom stereocenters. The summed E-state index contributed by atoms with van der Waals surface area (Å²) < 4.78 is 5.76. The van der Waals surface area contributed by atoms with Crippen LogP contribution in [0.5, 0.6) is 0 Å². The molecule has 14 heteroatoms. The van der Waals surface area contributed by atoms with Gasteiger partial charge in [-0.1, -0.05) is 107 Å². The molecular weight excluding hydrogens is 789 g/mol. The molecule has 1 saturated carbocycles. The average molecular weight is 871 g/mol. The van der Waals surface area contributed by atoms with Crippen molar-refractivity contribution in [2.24, 2.45) is 35.5 Å². The highest BCUT2D eigenvalue weighted by Gasteiger charge is 2.41. The Hall–Kier alpha value is -4.02. The predicted octanol–water partition coefficient (Wildman–Crippen LogP) is 6.59. The van der Waals surface area contributed by atoms with E-state index < -0.39 is 71.8 Å². The van der Waals surface area contributed by atoms with Gasteiger partial charge >= 0.3 is 5.97 Å². The van der Waals surface area contributed by atoms with Crippen molar-refractivity contribution in [2.75, 3.05) is 21.1 Å². The summed E-state index contributed by atoms with van der Waals surface area (Å²) >= 11 is 0.